The minimum absolute atomic E-state index is 0.806. The average molecular weight is 781 g/mol. The van der Waals surface area contributed by atoms with E-state index in [1.165, 1.54) is 5.56 Å². The van der Waals surface area contributed by atoms with E-state index in [1.54, 1.807) is 0 Å². The topological polar surface area (TPSA) is 19.6 Å². The van der Waals surface area contributed by atoms with Gasteiger partial charge in [0.2, 0.25) is 0 Å². The van der Waals surface area contributed by atoms with Gasteiger partial charge in [0.25, 0.3) is 0 Å². The van der Waals surface area contributed by atoms with Gasteiger partial charge < -0.3 is 14.2 Å². The van der Waals surface area contributed by atoms with Crippen LogP contribution in [-0.2, 0) is 0 Å². The molecule has 1 aromatic heterocycles. The molecule has 3 heteroatoms. The van der Waals surface area contributed by atoms with Crippen LogP contribution in [0.5, 0.6) is 0 Å². The second-order valence-corrected chi connectivity index (χ2v) is 15.3. The number of anilines is 6. The molecule has 288 valence electrons. The van der Waals surface area contributed by atoms with Gasteiger partial charge in [-0.05, 0) is 76.2 Å². The van der Waals surface area contributed by atoms with Gasteiger partial charge >= 0.3 is 0 Å². The molecule has 1 heterocycles. The van der Waals surface area contributed by atoms with Crippen LogP contribution < -0.4 is 9.80 Å². The minimum atomic E-state index is 0.806. The van der Waals surface area contributed by atoms with Crippen LogP contribution in [0, 0.1) is 0 Å². The summed E-state index contributed by atoms with van der Waals surface area (Å²) in [6.07, 6.45) is 0. The molecule has 0 aliphatic carbocycles. The fourth-order valence-electron chi connectivity index (χ4n) is 8.81. The van der Waals surface area contributed by atoms with E-state index in [0.29, 0.717) is 0 Å². The lowest BCUT2D eigenvalue weighted by Gasteiger charge is -2.32. The fraction of sp³-hybridized carbons (Fsp3) is 0. The lowest BCUT2D eigenvalue weighted by molar-refractivity contribution is 0.673. The molecule has 0 spiro atoms. The zero-order valence-electron chi connectivity index (χ0n) is 33.4. The normalized spacial score (nSPS) is 11.3. The lowest BCUT2D eigenvalue weighted by atomic mass is 9.99. The van der Waals surface area contributed by atoms with Crippen molar-refractivity contribution in [2.45, 2.75) is 0 Å². The predicted molar refractivity (Wildman–Crippen MR) is 257 cm³/mol. The van der Waals surface area contributed by atoms with Gasteiger partial charge in [0.15, 0.2) is 0 Å². The molecular formula is C58H40N2O. The Hall–Kier alpha value is -8.14. The number of furan rings is 1. The fourth-order valence-corrected chi connectivity index (χ4v) is 8.81. The summed E-state index contributed by atoms with van der Waals surface area (Å²) in [6.45, 7) is 0. The number of rotatable bonds is 9. The van der Waals surface area contributed by atoms with E-state index in [1.807, 2.05) is 0 Å². The zero-order chi connectivity index (χ0) is 40.5. The molecule has 61 heavy (non-hydrogen) atoms. The molecule has 0 aliphatic rings. The van der Waals surface area contributed by atoms with Gasteiger partial charge in [-0.2, -0.15) is 0 Å². The molecule has 0 saturated carbocycles. The number of nitrogens with zero attached hydrogens (tertiary/aromatic N) is 2. The first-order chi connectivity index (χ1) is 30.3. The van der Waals surface area contributed by atoms with Crippen molar-refractivity contribution in [1.82, 2.24) is 0 Å². The van der Waals surface area contributed by atoms with Crippen molar-refractivity contribution in [2.24, 2.45) is 0 Å². The van der Waals surface area contributed by atoms with Crippen molar-refractivity contribution >= 4 is 66.8 Å². The maximum Gasteiger partial charge on any atom is 0.143 e. The van der Waals surface area contributed by atoms with Gasteiger partial charge in [0, 0.05) is 39.3 Å². The first kappa shape index (κ1) is 36.0. The van der Waals surface area contributed by atoms with Gasteiger partial charge in [-0.3, -0.25) is 0 Å². The largest absolute Gasteiger partial charge is 0.455 e. The van der Waals surface area contributed by atoms with Crippen LogP contribution in [0.4, 0.5) is 34.1 Å². The molecule has 0 radical (unpaired) electrons. The molecule has 0 aliphatic heterocycles. The van der Waals surface area contributed by atoms with Crippen LogP contribution in [0.25, 0.3) is 66.1 Å². The molecule has 11 aromatic rings. The summed E-state index contributed by atoms with van der Waals surface area (Å²) in [5, 5.41) is 4.34. The van der Waals surface area contributed by atoms with Crippen LogP contribution >= 0.6 is 0 Å². The molecular weight excluding hydrogens is 741 g/mol. The maximum absolute atomic E-state index is 7.14. The Morgan fingerprint density at radius 2 is 0.787 bits per heavy atom. The maximum atomic E-state index is 7.14. The monoisotopic (exact) mass is 780 g/mol. The van der Waals surface area contributed by atoms with Crippen molar-refractivity contribution in [1.29, 1.82) is 0 Å². The molecule has 0 bridgehead atoms. The Balaban J connectivity index is 1.24. The lowest BCUT2D eigenvalue weighted by Crippen LogP contribution is -2.15. The quantitative estimate of drug-likeness (QED) is 0.145. The Morgan fingerprint density at radius 3 is 1.43 bits per heavy atom. The first-order valence-electron chi connectivity index (χ1n) is 20.8. The SMILES string of the molecule is c1ccc(-c2ccc(N(c3cc(N(c4ccccc4)c4ccccc4-c4ccccc4)c4c(c3)oc3c5ccccc5ccc34)c3ccccc3-c3ccccc3)cc2)cc1. The summed E-state index contributed by atoms with van der Waals surface area (Å²) in [5.74, 6) is 0. The minimum Gasteiger partial charge on any atom is -0.455 e. The Bertz CT molecular complexity index is 3290. The van der Waals surface area contributed by atoms with Crippen LogP contribution in [0.2, 0.25) is 0 Å². The molecule has 0 atom stereocenters. The molecule has 11 rings (SSSR count). The van der Waals surface area contributed by atoms with E-state index in [4.69, 9.17) is 4.42 Å². The summed E-state index contributed by atoms with van der Waals surface area (Å²) in [7, 11) is 0. The van der Waals surface area contributed by atoms with Gasteiger partial charge in [-0.15, -0.1) is 0 Å². The van der Waals surface area contributed by atoms with E-state index < -0.39 is 0 Å². The number of benzene rings is 10. The van der Waals surface area contributed by atoms with Crippen LogP contribution in [-0.4, -0.2) is 0 Å². The third-order valence-corrected chi connectivity index (χ3v) is 11.6. The smallest absolute Gasteiger partial charge is 0.143 e. The second-order valence-electron chi connectivity index (χ2n) is 15.3. The van der Waals surface area contributed by atoms with Crippen LogP contribution in [0.3, 0.4) is 0 Å². The highest BCUT2D eigenvalue weighted by Gasteiger charge is 2.26. The summed E-state index contributed by atoms with van der Waals surface area (Å²) >= 11 is 0. The molecule has 0 unspecified atom stereocenters. The Kier molecular flexibility index (Phi) is 9.18. The predicted octanol–water partition coefficient (Wildman–Crippen LogP) is 16.7. The van der Waals surface area contributed by atoms with E-state index in [0.717, 1.165) is 94.7 Å². The number of para-hydroxylation sites is 3. The Labute approximate surface area is 355 Å². The van der Waals surface area contributed by atoms with Crippen molar-refractivity contribution < 1.29 is 4.42 Å². The van der Waals surface area contributed by atoms with Gasteiger partial charge in [0.1, 0.15) is 11.2 Å². The van der Waals surface area contributed by atoms with Crippen LogP contribution in [0.15, 0.2) is 247 Å². The standard InChI is InChI=1S/C58H40N2O/c1-5-19-41(20-6-1)42-33-36-47(37-34-42)59(53-31-17-15-28-49(53)43-21-7-2-8-22-43)48-39-55(57-52-38-35-45-25-13-14-30-51(45)58(52)61-56(57)40-48)60(46-26-11-4-12-27-46)54-32-18-16-29-50(54)44-23-9-3-10-24-44/h1-40H. The van der Waals surface area contributed by atoms with E-state index >= 15 is 0 Å². The first-order valence-corrected chi connectivity index (χ1v) is 20.8. The summed E-state index contributed by atoms with van der Waals surface area (Å²) in [5.41, 5.74) is 14.8. The summed E-state index contributed by atoms with van der Waals surface area (Å²) in [4.78, 5) is 4.80. The van der Waals surface area contributed by atoms with E-state index in [9.17, 15) is 0 Å². The molecule has 0 saturated heterocycles. The van der Waals surface area contributed by atoms with Gasteiger partial charge in [0.05, 0.1) is 28.1 Å². The summed E-state index contributed by atoms with van der Waals surface area (Å²) in [6, 6.07) is 86.5. The second kappa shape index (κ2) is 15.6. The molecule has 0 N–H and O–H groups in total. The van der Waals surface area contributed by atoms with Crippen molar-refractivity contribution in [2.75, 3.05) is 9.80 Å². The van der Waals surface area contributed by atoms with Crippen LogP contribution in [0.1, 0.15) is 0 Å². The highest BCUT2D eigenvalue weighted by molar-refractivity contribution is 6.21. The molecule has 0 amide bonds. The van der Waals surface area contributed by atoms with Gasteiger partial charge in [-0.25, -0.2) is 0 Å². The third kappa shape index (κ3) is 6.59. The summed E-state index contributed by atoms with van der Waals surface area (Å²) < 4.78 is 7.14. The number of hydrogen-bond acceptors (Lipinski definition) is 3. The molecule has 10 aromatic carbocycles. The third-order valence-electron chi connectivity index (χ3n) is 11.6. The van der Waals surface area contributed by atoms with E-state index in [-0.39, 0.29) is 0 Å². The Morgan fingerprint density at radius 1 is 0.295 bits per heavy atom. The van der Waals surface area contributed by atoms with E-state index in [2.05, 4.69) is 252 Å². The van der Waals surface area contributed by atoms with Crippen molar-refractivity contribution in [3.63, 3.8) is 0 Å². The van der Waals surface area contributed by atoms with Crippen molar-refractivity contribution in [3.05, 3.63) is 243 Å². The van der Waals surface area contributed by atoms with Gasteiger partial charge in [-0.1, -0.05) is 188 Å². The average Bonchev–Trinajstić information content (AvgIpc) is 3.73. The molecule has 3 nitrogen and oxygen atoms in total. The number of fused-ring (bicyclic) bond motifs is 5. The van der Waals surface area contributed by atoms with Crippen molar-refractivity contribution in [3.8, 4) is 33.4 Å². The molecule has 0 fully saturated rings. The number of hydrogen-bond donors (Lipinski definition) is 0. The highest BCUT2D eigenvalue weighted by atomic mass is 16.3. The highest BCUT2D eigenvalue weighted by Crippen LogP contribution is 2.51. The zero-order valence-corrected chi connectivity index (χ0v) is 33.4.